The zero-order chi connectivity index (χ0) is 14.5. The zero-order valence-corrected chi connectivity index (χ0v) is 13.0. The van der Waals surface area contributed by atoms with Crippen molar-refractivity contribution in [2.24, 2.45) is 5.92 Å². The first-order chi connectivity index (χ1) is 9.56. The van der Waals surface area contributed by atoms with Crippen LogP contribution in [0.1, 0.15) is 12.0 Å². The highest BCUT2D eigenvalue weighted by Crippen LogP contribution is 2.14. The van der Waals surface area contributed by atoms with Gasteiger partial charge in [0, 0.05) is 16.6 Å². The molecule has 0 spiro atoms. The predicted octanol–water partition coefficient (Wildman–Crippen LogP) is 1.44. The highest BCUT2D eigenvalue weighted by Gasteiger charge is 2.28. The van der Waals surface area contributed by atoms with E-state index in [2.05, 4.69) is 27.9 Å². The molecule has 1 saturated heterocycles. The van der Waals surface area contributed by atoms with Gasteiger partial charge in [-0.1, -0.05) is 12.1 Å². The van der Waals surface area contributed by atoms with Crippen LogP contribution in [0.3, 0.4) is 0 Å². The summed E-state index contributed by atoms with van der Waals surface area (Å²) < 4.78 is 6.19. The molecule has 1 fully saturated rings. The second-order valence-electron chi connectivity index (χ2n) is 4.79. The molecule has 5 nitrogen and oxygen atoms in total. The fraction of sp³-hybridized carbons (Fsp3) is 0.429. The molecule has 0 aromatic heterocycles. The maximum absolute atomic E-state index is 12.0. The molecular weight excluding hydrogens is 373 g/mol. The Labute approximate surface area is 130 Å². The molecule has 0 unspecified atom stereocenters. The van der Waals surface area contributed by atoms with E-state index in [1.165, 1.54) is 0 Å². The van der Waals surface area contributed by atoms with Gasteiger partial charge in [0.25, 0.3) is 0 Å². The average Bonchev–Trinajstić information content (AvgIpc) is 2.91. The molecule has 0 bridgehead atoms. The smallest absolute Gasteiger partial charge is 0.326 e. The normalized spacial score (nSPS) is 19.6. The minimum Gasteiger partial charge on any atom is -0.480 e. The Morgan fingerprint density at radius 2 is 2.30 bits per heavy atom. The summed E-state index contributed by atoms with van der Waals surface area (Å²) in [5, 5.41) is 11.9. The van der Waals surface area contributed by atoms with E-state index in [1.54, 1.807) is 0 Å². The van der Waals surface area contributed by atoms with Crippen LogP contribution in [0.4, 0.5) is 0 Å². The molecule has 2 atom stereocenters. The molecule has 20 heavy (non-hydrogen) atoms. The van der Waals surface area contributed by atoms with Crippen molar-refractivity contribution < 1.29 is 19.4 Å². The predicted molar refractivity (Wildman–Crippen MR) is 81.4 cm³/mol. The number of aliphatic carboxylic acids is 1. The van der Waals surface area contributed by atoms with E-state index in [0.717, 1.165) is 9.13 Å². The third kappa shape index (κ3) is 4.17. The summed E-state index contributed by atoms with van der Waals surface area (Å²) in [5.41, 5.74) is 0.896. The molecule has 2 N–H and O–H groups in total. The molecule has 1 aliphatic rings. The highest BCUT2D eigenvalue weighted by molar-refractivity contribution is 14.1. The molecule has 1 amide bonds. The van der Waals surface area contributed by atoms with E-state index in [-0.39, 0.29) is 18.2 Å². The summed E-state index contributed by atoms with van der Waals surface area (Å²) in [5.74, 6) is -1.48. The largest absolute Gasteiger partial charge is 0.480 e. The van der Waals surface area contributed by atoms with Crippen molar-refractivity contribution in [2.45, 2.75) is 18.9 Å². The number of amides is 1. The summed E-state index contributed by atoms with van der Waals surface area (Å²) >= 11 is 2.17. The lowest BCUT2D eigenvalue weighted by Gasteiger charge is -2.17. The first kappa shape index (κ1) is 15.2. The van der Waals surface area contributed by atoms with Crippen molar-refractivity contribution in [2.75, 3.05) is 13.2 Å². The molecule has 108 valence electrons. The molecule has 0 aliphatic carbocycles. The van der Waals surface area contributed by atoms with Gasteiger partial charge in [-0.05, 0) is 46.7 Å². The van der Waals surface area contributed by atoms with Gasteiger partial charge in [0.15, 0.2) is 0 Å². The summed E-state index contributed by atoms with van der Waals surface area (Å²) in [6, 6.07) is 6.70. The van der Waals surface area contributed by atoms with Crippen molar-refractivity contribution in [3.63, 3.8) is 0 Å². The number of nitrogens with one attached hydrogen (secondary N) is 1. The summed E-state index contributed by atoms with van der Waals surface area (Å²) in [6.07, 6.45) is 0.937. The van der Waals surface area contributed by atoms with Crippen LogP contribution >= 0.6 is 22.6 Å². The van der Waals surface area contributed by atoms with Crippen LogP contribution in [0, 0.1) is 9.49 Å². The number of rotatable bonds is 5. The van der Waals surface area contributed by atoms with Crippen LogP contribution in [0.15, 0.2) is 24.3 Å². The highest BCUT2D eigenvalue weighted by atomic mass is 127. The topological polar surface area (TPSA) is 75.6 Å². The standard InChI is InChI=1S/C14H16INO4/c15-11-3-1-2-9(6-11)7-12(14(18)19)16-13(17)10-4-5-20-8-10/h1-3,6,10,12H,4-5,7-8H2,(H,16,17)(H,18,19)/t10-,12-/m1/s1. The number of halogens is 1. The van der Waals surface area contributed by atoms with Gasteiger partial charge < -0.3 is 15.2 Å². The third-order valence-electron chi connectivity index (χ3n) is 3.24. The number of ether oxygens (including phenoxy) is 1. The van der Waals surface area contributed by atoms with Crippen molar-refractivity contribution in [3.05, 3.63) is 33.4 Å². The first-order valence-electron chi connectivity index (χ1n) is 6.41. The van der Waals surface area contributed by atoms with Crippen molar-refractivity contribution in [3.8, 4) is 0 Å². The average molecular weight is 389 g/mol. The molecule has 1 aromatic rings. The summed E-state index contributed by atoms with van der Waals surface area (Å²) in [4.78, 5) is 23.3. The fourth-order valence-corrected chi connectivity index (χ4v) is 2.74. The van der Waals surface area contributed by atoms with Crippen LogP contribution < -0.4 is 5.32 Å². The van der Waals surface area contributed by atoms with E-state index in [9.17, 15) is 14.7 Å². The van der Waals surface area contributed by atoms with Crippen molar-refractivity contribution in [1.82, 2.24) is 5.32 Å². The lowest BCUT2D eigenvalue weighted by molar-refractivity contribution is -0.142. The minimum atomic E-state index is -1.02. The molecule has 2 rings (SSSR count). The maximum atomic E-state index is 12.0. The lowest BCUT2D eigenvalue weighted by atomic mass is 10.0. The molecule has 1 aliphatic heterocycles. The second kappa shape index (κ2) is 7.03. The number of hydrogen-bond acceptors (Lipinski definition) is 3. The van der Waals surface area contributed by atoms with E-state index in [1.807, 2.05) is 24.3 Å². The van der Waals surface area contributed by atoms with Gasteiger partial charge in [-0.25, -0.2) is 4.79 Å². The van der Waals surface area contributed by atoms with Gasteiger partial charge >= 0.3 is 5.97 Å². The van der Waals surface area contributed by atoms with Gasteiger partial charge in [0.1, 0.15) is 6.04 Å². The van der Waals surface area contributed by atoms with E-state index in [0.29, 0.717) is 19.6 Å². The quantitative estimate of drug-likeness (QED) is 0.748. The number of carbonyl (C=O) groups excluding carboxylic acids is 1. The van der Waals surface area contributed by atoms with Gasteiger partial charge in [-0.3, -0.25) is 4.79 Å². The summed E-state index contributed by atoms with van der Waals surface area (Å²) in [7, 11) is 0. The molecule has 1 heterocycles. The Hall–Kier alpha value is -1.15. The van der Waals surface area contributed by atoms with Crippen LogP contribution in [-0.2, 0) is 20.7 Å². The van der Waals surface area contributed by atoms with Crippen LogP contribution in [-0.4, -0.2) is 36.2 Å². The molecule has 0 saturated carbocycles. The van der Waals surface area contributed by atoms with Gasteiger partial charge in [0.2, 0.25) is 5.91 Å². The zero-order valence-electron chi connectivity index (χ0n) is 10.8. The first-order valence-corrected chi connectivity index (χ1v) is 7.49. The Bertz CT molecular complexity index is 500. The monoisotopic (exact) mass is 389 g/mol. The summed E-state index contributed by atoms with van der Waals surface area (Å²) in [6.45, 7) is 0.939. The van der Waals surface area contributed by atoms with Gasteiger partial charge in [-0.15, -0.1) is 0 Å². The number of carboxylic acid groups (broad SMARTS) is 1. The number of carboxylic acids is 1. The Morgan fingerprint density at radius 3 is 2.90 bits per heavy atom. The Morgan fingerprint density at radius 1 is 1.50 bits per heavy atom. The molecule has 1 aromatic carbocycles. The Kier molecular flexibility index (Phi) is 5.36. The van der Waals surface area contributed by atoms with Crippen LogP contribution in [0.25, 0.3) is 0 Å². The molecular formula is C14H16INO4. The van der Waals surface area contributed by atoms with Gasteiger partial charge in [0.05, 0.1) is 12.5 Å². The number of carbonyl (C=O) groups is 2. The fourth-order valence-electron chi connectivity index (χ4n) is 2.13. The number of hydrogen-bond donors (Lipinski definition) is 2. The van der Waals surface area contributed by atoms with Crippen molar-refractivity contribution in [1.29, 1.82) is 0 Å². The SMILES string of the molecule is O=C(N[C@H](Cc1cccc(I)c1)C(=O)O)[C@@H]1CCOC1. The van der Waals surface area contributed by atoms with Gasteiger partial charge in [-0.2, -0.15) is 0 Å². The minimum absolute atomic E-state index is 0.229. The van der Waals surface area contributed by atoms with E-state index in [4.69, 9.17) is 4.74 Å². The number of benzene rings is 1. The maximum Gasteiger partial charge on any atom is 0.326 e. The molecule has 0 radical (unpaired) electrons. The van der Waals surface area contributed by atoms with Crippen LogP contribution in [0.2, 0.25) is 0 Å². The van der Waals surface area contributed by atoms with Crippen molar-refractivity contribution >= 4 is 34.5 Å². The molecule has 6 heteroatoms. The van der Waals surface area contributed by atoms with E-state index < -0.39 is 12.0 Å². The lowest BCUT2D eigenvalue weighted by Crippen LogP contribution is -2.45. The third-order valence-corrected chi connectivity index (χ3v) is 3.91. The Balaban J connectivity index is 2.00. The van der Waals surface area contributed by atoms with E-state index >= 15 is 0 Å². The second-order valence-corrected chi connectivity index (χ2v) is 6.04. The van der Waals surface area contributed by atoms with Crippen LogP contribution in [0.5, 0.6) is 0 Å².